The molecule has 0 saturated heterocycles. The van der Waals surface area contributed by atoms with Gasteiger partial charge in [-0.2, -0.15) is 4.98 Å². The van der Waals surface area contributed by atoms with Crippen LogP contribution >= 0.6 is 0 Å². The van der Waals surface area contributed by atoms with E-state index in [-0.39, 0.29) is 12.3 Å². The van der Waals surface area contributed by atoms with Gasteiger partial charge in [0.2, 0.25) is 5.91 Å². The van der Waals surface area contributed by atoms with Gasteiger partial charge in [-0.25, -0.2) is 0 Å². The molecule has 0 aliphatic carbocycles. The summed E-state index contributed by atoms with van der Waals surface area (Å²) in [5, 5.41) is 15.3. The van der Waals surface area contributed by atoms with Crippen LogP contribution in [0.2, 0.25) is 0 Å². The number of fused-ring (bicyclic) bond motifs is 1. The highest BCUT2D eigenvalue weighted by Crippen LogP contribution is 2.20. The molecule has 0 spiro atoms. The Morgan fingerprint density at radius 3 is 2.86 bits per heavy atom. The van der Waals surface area contributed by atoms with Crippen molar-refractivity contribution in [1.82, 2.24) is 24.7 Å². The Hall–Kier alpha value is -3.55. The second kappa shape index (κ2) is 7.83. The van der Waals surface area contributed by atoms with E-state index >= 15 is 0 Å². The minimum atomic E-state index is -0.151. The van der Waals surface area contributed by atoms with Crippen LogP contribution in [-0.2, 0) is 17.6 Å². The van der Waals surface area contributed by atoms with Crippen molar-refractivity contribution in [1.29, 1.82) is 0 Å². The predicted octanol–water partition coefficient (Wildman–Crippen LogP) is 3.53. The van der Waals surface area contributed by atoms with E-state index in [0.717, 1.165) is 35.2 Å². The lowest BCUT2D eigenvalue weighted by atomic mass is 10.1. The highest BCUT2D eigenvalue weighted by atomic mass is 16.5. The number of anilines is 1. The SMILES string of the molecule is CCCc1noc(-c2ccc3nnc(CC(=O)Nc4cc(C)ccc4C)n3c2)n1. The molecule has 3 heterocycles. The highest BCUT2D eigenvalue weighted by molar-refractivity contribution is 5.92. The first-order valence-corrected chi connectivity index (χ1v) is 9.57. The number of nitrogens with one attached hydrogen (secondary N) is 1. The maximum Gasteiger partial charge on any atom is 0.259 e. The molecule has 0 unspecified atom stereocenters. The summed E-state index contributed by atoms with van der Waals surface area (Å²) in [6.07, 6.45) is 3.63. The van der Waals surface area contributed by atoms with E-state index in [1.165, 1.54) is 0 Å². The van der Waals surface area contributed by atoms with Gasteiger partial charge in [0.25, 0.3) is 5.89 Å². The minimum Gasteiger partial charge on any atom is -0.334 e. The summed E-state index contributed by atoms with van der Waals surface area (Å²) in [5.74, 6) is 1.51. The van der Waals surface area contributed by atoms with E-state index in [1.807, 2.05) is 50.4 Å². The second-order valence-corrected chi connectivity index (χ2v) is 7.07. The smallest absolute Gasteiger partial charge is 0.259 e. The van der Waals surface area contributed by atoms with E-state index in [1.54, 1.807) is 4.40 Å². The molecule has 0 saturated carbocycles. The number of aryl methyl sites for hydroxylation is 3. The van der Waals surface area contributed by atoms with E-state index in [2.05, 4.69) is 32.6 Å². The van der Waals surface area contributed by atoms with Crippen molar-refractivity contribution < 1.29 is 9.32 Å². The Kier molecular flexibility index (Phi) is 5.07. The zero-order valence-electron chi connectivity index (χ0n) is 16.6. The van der Waals surface area contributed by atoms with Crippen LogP contribution in [0.4, 0.5) is 5.69 Å². The fraction of sp³-hybridized carbons (Fsp3) is 0.286. The molecule has 0 radical (unpaired) electrons. The van der Waals surface area contributed by atoms with Crippen LogP contribution in [0.25, 0.3) is 17.1 Å². The van der Waals surface area contributed by atoms with Crippen LogP contribution in [0.1, 0.15) is 36.1 Å². The van der Waals surface area contributed by atoms with Crippen LogP contribution < -0.4 is 5.32 Å². The molecule has 0 aliphatic heterocycles. The number of pyridine rings is 1. The van der Waals surface area contributed by atoms with Gasteiger partial charge in [0.05, 0.1) is 12.0 Å². The quantitative estimate of drug-likeness (QED) is 0.541. The topological polar surface area (TPSA) is 98.2 Å². The molecule has 0 bridgehead atoms. The molecule has 3 aromatic heterocycles. The van der Waals surface area contributed by atoms with Crippen LogP contribution in [0.15, 0.2) is 41.1 Å². The Bertz CT molecular complexity index is 1180. The van der Waals surface area contributed by atoms with Gasteiger partial charge in [0.1, 0.15) is 5.82 Å². The summed E-state index contributed by atoms with van der Waals surface area (Å²) in [5.41, 5.74) is 4.31. The molecule has 1 N–H and O–H groups in total. The number of benzene rings is 1. The van der Waals surface area contributed by atoms with Crippen LogP contribution in [0, 0.1) is 13.8 Å². The number of carbonyl (C=O) groups excluding carboxylic acids is 1. The first-order valence-electron chi connectivity index (χ1n) is 9.57. The minimum absolute atomic E-state index is 0.100. The third-order valence-electron chi connectivity index (χ3n) is 4.65. The molecular weight excluding hydrogens is 368 g/mol. The monoisotopic (exact) mass is 390 g/mol. The van der Waals surface area contributed by atoms with Crippen LogP contribution in [0.5, 0.6) is 0 Å². The van der Waals surface area contributed by atoms with Crippen molar-refractivity contribution >= 4 is 17.2 Å². The molecule has 0 fully saturated rings. The van der Waals surface area contributed by atoms with E-state index in [0.29, 0.717) is 23.2 Å². The summed E-state index contributed by atoms with van der Waals surface area (Å²) < 4.78 is 7.14. The molecule has 1 aromatic carbocycles. The molecule has 148 valence electrons. The summed E-state index contributed by atoms with van der Waals surface area (Å²) in [7, 11) is 0. The van der Waals surface area contributed by atoms with Gasteiger partial charge in [-0.1, -0.05) is 24.2 Å². The first-order chi connectivity index (χ1) is 14.0. The second-order valence-electron chi connectivity index (χ2n) is 7.07. The van der Waals surface area contributed by atoms with Crippen molar-refractivity contribution in [2.24, 2.45) is 0 Å². The van der Waals surface area contributed by atoms with Gasteiger partial charge in [-0.3, -0.25) is 9.20 Å². The van der Waals surface area contributed by atoms with E-state index < -0.39 is 0 Å². The highest BCUT2D eigenvalue weighted by Gasteiger charge is 2.15. The van der Waals surface area contributed by atoms with Gasteiger partial charge in [-0.15, -0.1) is 10.2 Å². The number of aromatic nitrogens is 5. The van der Waals surface area contributed by atoms with Gasteiger partial charge in [0, 0.05) is 18.3 Å². The van der Waals surface area contributed by atoms with Crippen molar-refractivity contribution in [3.8, 4) is 11.5 Å². The van der Waals surface area contributed by atoms with E-state index in [9.17, 15) is 4.79 Å². The number of carbonyl (C=O) groups is 1. The van der Waals surface area contributed by atoms with Gasteiger partial charge < -0.3 is 9.84 Å². The lowest BCUT2D eigenvalue weighted by Gasteiger charge is -2.09. The Morgan fingerprint density at radius 2 is 2.03 bits per heavy atom. The lowest BCUT2D eigenvalue weighted by molar-refractivity contribution is -0.115. The van der Waals surface area contributed by atoms with Gasteiger partial charge >= 0.3 is 0 Å². The summed E-state index contributed by atoms with van der Waals surface area (Å²) >= 11 is 0. The maximum absolute atomic E-state index is 12.6. The number of amides is 1. The zero-order chi connectivity index (χ0) is 20.4. The molecule has 1 amide bonds. The lowest BCUT2D eigenvalue weighted by Crippen LogP contribution is -2.17. The first kappa shape index (κ1) is 18.8. The molecule has 8 heteroatoms. The number of rotatable bonds is 6. The normalized spacial score (nSPS) is 11.1. The maximum atomic E-state index is 12.6. The molecular formula is C21H22N6O2. The fourth-order valence-electron chi connectivity index (χ4n) is 3.09. The van der Waals surface area contributed by atoms with Gasteiger partial charge in [-0.05, 0) is 49.6 Å². The Morgan fingerprint density at radius 1 is 1.17 bits per heavy atom. The molecule has 29 heavy (non-hydrogen) atoms. The number of hydrogen-bond donors (Lipinski definition) is 1. The summed E-state index contributed by atoms with van der Waals surface area (Å²) in [6.45, 7) is 6.02. The van der Waals surface area contributed by atoms with Gasteiger partial charge in [0.15, 0.2) is 11.5 Å². The average Bonchev–Trinajstić information content (AvgIpc) is 3.32. The predicted molar refractivity (Wildman–Crippen MR) is 109 cm³/mol. The standard InChI is InChI=1S/C21H22N6O2/c1-4-5-17-23-21(29-26-17)15-8-9-18-24-25-19(27(18)12-15)11-20(28)22-16-10-13(2)6-7-14(16)3/h6-10,12H,4-5,11H2,1-3H3,(H,22,28). The average molecular weight is 390 g/mol. The Balaban J connectivity index is 1.57. The van der Waals surface area contributed by atoms with Crippen molar-refractivity contribution in [3.05, 3.63) is 59.3 Å². The van der Waals surface area contributed by atoms with Crippen LogP contribution in [-0.4, -0.2) is 30.6 Å². The van der Waals surface area contributed by atoms with E-state index in [4.69, 9.17) is 4.52 Å². The molecule has 4 aromatic rings. The third kappa shape index (κ3) is 4.01. The summed E-state index contributed by atoms with van der Waals surface area (Å²) in [6, 6.07) is 9.63. The molecule has 8 nitrogen and oxygen atoms in total. The molecule has 4 rings (SSSR count). The van der Waals surface area contributed by atoms with Crippen molar-refractivity contribution in [3.63, 3.8) is 0 Å². The third-order valence-corrected chi connectivity index (χ3v) is 4.65. The molecule has 0 atom stereocenters. The van der Waals surface area contributed by atoms with Crippen molar-refractivity contribution in [2.45, 2.75) is 40.0 Å². The van der Waals surface area contributed by atoms with Crippen molar-refractivity contribution in [2.75, 3.05) is 5.32 Å². The fourth-order valence-corrected chi connectivity index (χ4v) is 3.09. The summed E-state index contributed by atoms with van der Waals surface area (Å²) in [4.78, 5) is 17.0. The number of hydrogen-bond acceptors (Lipinski definition) is 6. The largest absolute Gasteiger partial charge is 0.334 e. The number of nitrogens with zero attached hydrogens (tertiary/aromatic N) is 5. The Labute approximate surface area is 168 Å². The van der Waals surface area contributed by atoms with Crippen LogP contribution in [0.3, 0.4) is 0 Å². The molecule has 0 aliphatic rings. The zero-order valence-corrected chi connectivity index (χ0v) is 16.6.